The second kappa shape index (κ2) is 6.28. The molecule has 24 heavy (non-hydrogen) atoms. The summed E-state index contributed by atoms with van der Waals surface area (Å²) < 4.78 is 30.0. The van der Waals surface area contributed by atoms with Gasteiger partial charge in [0.25, 0.3) is 10.0 Å². The molecule has 1 unspecified atom stereocenters. The van der Waals surface area contributed by atoms with Gasteiger partial charge in [0, 0.05) is 37.4 Å². The van der Waals surface area contributed by atoms with Crippen LogP contribution in [-0.2, 0) is 16.6 Å². The summed E-state index contributed by atoms with van der Waals surface area (Å²) in [5.74, 6) is 2.18. The third-order valence-electron chi connectivity index (χ3n) is 5.04. The second-order valence-corrected chi connectivity index (χ2v) is 10.1. The Balaban J connectivity index is 1.51. The van der Waals surface area contributed by atoms with E-state index in [9.17, 15) is 8.42 Å². The van der Waals surface area contributed by atoms with Crippen LogP contribution in [0.1, 0.15) is 43.1 Å². The van der Waals surface area contributed by atoms with E-state index in [1.165, 1.54) is 35.7 Å². The molecule has 2 fully saturated rings. The van der Waals surface area contributed by atoms with Gasteiger partial charge in [-0.1, -0.05) is 6.07 Å². The van der Waals surface area contributed by atoms with E-state index in [-0.39, 0.29) is 0 Å². The zero-order chi connectivity index (χ0) is 16.7. The third kappa shape index (κ3) is 3.05. The van der Waals surface area contributed by atoms with Crippen LogP contribution in [0, 0.1) is 12.8 Å². The fourth-order valence-corrected chi connectivity index (χ4v) is 6.27. The van der Waals surface area contributed by atoms with Crippen LogP contribution in [0.4, 0.5) is 0 Å². The van der Waals surface area contributed by atoms with Gasteiger partial charge in [-0.25, -0.2) is 13.4 Å². The van der Waals surface area contributed by atoms with Crippen LogP contribution in [0.25, 0.3) is 0 Å². The summed E-state index contributed by atoms with van der Waals surface area (Å²) in [6.07, 6.45) is 6.44. The number of hydrogen-bond donors (Lipinski definition) is 0. The average Bonchev–Trinajstić information content (AvgIpc) is 3.12. The molecule has 7 heteroatoms. The number of sulfonamides is 1. The number of thiophene rings is 1. The summed E-state index contributed by atoms with van der Waals surface area (Å²) in [5.41, 5.74) is 1.19. The lowest BCUT2D eigenvalue weighted by Crippen LogP contribution is -2.41. The van der Waals surface area contributed by atoms with Gasteiger partial charge in [-0.15, -0.1) is 11.3 Å². The first kappa shape index (κ1) is 16.3. The minimum Gasteiger partial charge on any atom is -0.332 e. The predicted molar refractivity (Wildman–Crippen MR) is 94.7 cm³/mol. The van der Waals surface area contributed by atoms with Gasteiger partial charge < -0.3 is 4.57 Å². The largest absolute Gasteiger partial charge is 0.332 e. The van der Waals surface area contributed by atoms with Crippen molar-refractivity contribution in [3.8, 4) is 0 Å². The molecule has 4 rings (SSSR count). The minimum absolute atomic E-state index is 0.360. The molecule has 0 radical (unpaired) electrons. The molecular formula is C17H23N3O2S2. The highest BCUT2D eigenvalue weighted by atomic mass is 32.2. The number of imidazole rings is 1. The van der Waals surface area contributed by atoms with Crippen molar-refractivity contribution < 1.29 is 8.42 Å². The quantitative estimate of drug-likeness (QED) is 0.817. The van der Waals surface area contributed by atoms with E-state index in [1.807, 2.05) is 11.6 Å². The van der Waals surface area contributed by atoms with Gasteiger partial charge in [0.15, 0.2) is 0 Å². The smallest absolute Gasteiger partial charge is 0.252 e. The zero-order valence-corrected chi connectivity index (χ0v) is 15.5. The molecular weight excluding hydrogens is 342 g/mol. The lowest BCUT2D eigenvalue weighted by molar-refractivity contribution is 0.243. The van der Waals surface area contributed by atoms with Crippen LogP contribution >= 0.6 is 11.3 Å². The van der Waals surface area contributed by atoms with Crippen molar-refractivity contribution >= 4 is 21.4 Å². The van der Waals surface area contributed by atoms with Crippen LogP contribution < -0.4 is 0 Å². The molecule has 5 nitrogen and oxygen atoms in total. The van der Waals surface area contributed by atoms with E-state index in [2.05, 4.69) is 16.5 Å². The summed E-state index contributed by atoms with van der Waals surface area (Å²) in [4.78, 5) is 4.58. The van der Waals surface area contributed by atoms with Gasteiger partial charge >= 0.3 is 0 Å². The Morgan fingerprint density at radius 2 is 2.17 bits per heavy atom. The van der Waals surface area contributed by atoms with Gasteiger partial charge in [0.1, 0.15) is 10.0 Å². The summed E-state index contributed by atoms with van der Waals surface area (Å²) in [6, 6.07) is 3.50. The normalized spacial score (nSPS) is 22.8. The standard InChI is InChI=1S/C17H23N3O2S2/c1-13-10-18-17(15-6-7-15)20(13)12-14-4-2-8-19(11-14)24(21,22)16-5-3-9-23-16/h3,5,9-10,14-15H,2,4,6-8,11-12H2,1H3. The van der Waals surface area contributed by atoms with Crippen molar-refractivity contribution in [1.29, 1.82) is 0 Å². The van der Waals surface area contributed by atoms with Crippen LogP contribution in [-0.4, -0.2) is 35.4 Å². The van der Waals surface area contributed by atoms with E-state index < -0.39 is 10.0 Å². The van der Waals surface area contributed by atoms with E-state index >= 15 is 0 Å². The summed E-state index contributed by atoms with van der Waals surface area (Å²) in [6.45, 7) is 4.23. The van der Waals surface area contributed by atoms with Crippen LogP contribution in [0.3, 0.4) is 0 Å². The summed E-state index contributed by atoms with van der Waals surface area (Å²) in [5, 5.41) is 1.82. The molecule has 1 aliphatic carbocycles. The van der Waals surface area contributed by atoms with Crippen LogP contribution in [0.5, 0.6) is 0 Å². The molecule has 1 aliphatic heterocycles. The van der Waals surface area contributed by atoms with E-state index in [4.69, 9.17) is 0 Å². The van der Waals surface area contributed by atoms with Crippen molar-refractivity contribution in [1.82, 2.24) is 13.9 Å². The number of hydrogen-bond acceptors (Lipinski definition) is 4. The van der Waals surface area contributed by atoms with Gasteiger partial charge in [-0.3, -0.25) is 0 Å². The van der Waals surface area contributed by atoms with Crippen molar-refractivity contribution in [2.24, 2.45) is 5.92 Å². The van der Waals surface area contributed by atoms with Gasteiger partial charge in [-0.05, 0) is 50.0 Å². The Labute approximate surface area is 147 Å². The molecule has 1 saturated heterocycles. The molecule has 2 aromatic heterocycles. The number of piperidine rings is 1. The predicted octanol–water partition coefficient (Wildman–Crippen LogP) is 3.23. The Bertz CT molecular complexity index is 807. The Kier molecular flexibility index (Phi) is 4.26. The maximum Gasteiger partial charge on any atom is 0.252 e. The van der Waals surface area contributed by atoms with Crippen LogP contribution in [0.15, 0.2) is 27.9 Å². The highest BCUT2D eigenvalue weighted by Crippen LogP contribution is 2.40. The highest BCUT2D eigenvalue weighted by Gasteiger charge is 2.33. The Morgan fingerprint density at radius 3 is 2.88 bits per heavy atom. The van der Waals surface area contributed by atoms with E-state index in [0.717, 1.165) is 19.4 Å². The molecule has 1 saturated carbocycles. The summed E-state index contributed by atoms with van der Waals surface area (Å²) in [7, 11) is -3.33. The summed E-state index contributed by atoms with van der Waals surface area (Å²) >= 11 is 1.30. The number of nitrogens with zero attached hydrogens (tertiary/aromatic N) is 3. The van der Waals surface area contributed by atoms with Gasteiger partial charge in [0.05, 0.1) is 0 Å². The lowest BCUT2D eigenvalue weighted by atomic mass is 9.99. The Morgan fingerprint density at radius 1 is 1.33 bits per heavy atom. The minimum atomic E-state index is -3.33. The molecule has 130 valence electrons. The van der Waals surface area contributed by atoms with Gasteiger partial charge in [0.2, 0.25) is 0 Å². The number of aryl methyl sites for hydroxylation is 1. The number of aromatic nitrogens is 2. The lowest BCUT2D eigenvalue weighted by Gasteiger charge is -2.32. The van der Waals surface area contributed by atoms with Gasteiger partial charge in [-0.2, -0.15) is 4.31 Å². The van der Waals surface area contributed by atoms with E-state index in [1.54, 1.807) is 16.4 Å². The first-order valence-corrected chi connectivity index (χ1v) is 10.9. The topological polar surface area (TPSA) is 55.2 Å². The molecule has 2 aliphatic rings. The van der Waals surface area contributed by atoms with Crippen molar-refractivity contribution in [3.63, 3.8) is 0 Å². The third-order valence-corrected chi connectivity index (χ3v) is 8.28. The monoisotopic (exact) mass is 365 g/mol. The highest BCUT2D eigenvalue weighted by molar-refractivity contribution is 7.91. The first-order valence-electron chi connectivity index (χ1n) is 8.61. The second-order valence-electron chi connectivity index (χ2n) is 6.95. The molecule has 1 atom stereocenters. The SMILES string of the molecule is Cc1cnc(C2CC2)n1CC1CCCN(S(=O)(=O)c2cccs2)C1. The van der Waals surface area contributed by atoms with Crippen LogP contribution in [0.2, 0.25) is 0 Å². The molecule has 2 aromatic rings. The maximum atomic E-state index is 12.8. The molecule has 0 aromatic carbocycles. The van der Waals surface area contributed by atoms with Crippen molar-refractivity contribution in [2.75, 3.05) is 13.1 Å². The first-order chi connectivity index (χ1) is 11.6. The van der Waals surface area contributed by atoms with Crippen molar-refractivity contribution in [3.05, 3.63) is 35.2 Å². The molecule has 0 spiro atoms. The molecule has 3 heterocycles. The van der Waals surface area contributed by atoms with E-state index in [0.29, 0.717) is 29.1 Å². The maximum absolute atomic E-state index is 12.8. The average molecular weight is 366 g/mol. The fraction of sp³-hybridized carbons (Fsp3) is 0.588. The zero-order valence-electron chi connectivity index (χ0n) is 13.9. The fourth-order valence-electron chi connectivity index (χ4n) is 3.57. The molecule has 0 N–H and O–H groups in total. The molecule has 0 amide bonds. The molecule has 0 bridgehead atoms. The number of rotatable bonds is 5. The Hall–Kier alpha value is -1.18. The van der Waals surface area contributed by atoms with Crippen molar-refractivity contribution in [2.45, 2.75) is 49.3 Å².